The Morgan fingerprint density at radius 1 is 1.33 bits per heavy atom. The molecule has 1 saturated heterocycles. The van der Waals surface area contributed by atoms with E-state index in [9.17, 15) is 4.79 Å². The number of carbonyl (C=O) groups is 1. The molecule has 1 aliphatic rings. The van der Waals surface area contributed by atoms with Crippen LogP contribution in [0.3, 0.4) is 0 Å². The summed E-state index contributed by atoms with van der Waals surface area (Å²) >= 11 is 13.6. The first-order valence-corrected chi connectivity index (χ1v) is 8.56. The topological polar surface area (TPSA) is 29.5 Å². The minimum Gasteiger partial charge on any atom is -0.372 e. The second-order valence-electron chi connectivity index (χ2n) is 5.34. The van der Waals surface area contributed by atoms with Crippen molar-refractivity contribution in [2.24, 2.45) is 0 Å². The van der Waals surface area contributed by atoms with Gasteiger partial charge < -0.3 is 9.64 Å². The van der Waals surface area contributed by atoms with Crippen LogP contribution in [0.4, 0.5) is 0 Å². The maximum Gasteiger partial charge on any atom is 0.235 e. The monoisotopic (exact) mass is 347 g/mol. The second kappa shape index (κ2) is 7.23. The van der Waals surface area contributed by atoms with E-state index in [1.54, 1.807) is 18.2 Å². The van der Waals surface area contributed by atoms with Crippen LogP contribution in [0.2, 0.25) is 10.0 Å². The lowest BCUT2D eigenvalue weighted by atomic mass is 10.2. The van der Waals surface area contributed by atoms with Crippen molar-refractivity contribution in [3.05, 3.63) is 28.2 Å². The van der Waals surface area contributed by atoms with Crippen molar-refractivity contribution < 1.29 is 9.53 Å². The Labute approximate surface area is 139 Å². The van der Waals surface area contributed by atoms with Gasteiger partial charge in [0.15, 0.2) is 0 Å². The molecule has 0 aromatic heterocycles. The molecule has 1 aromatic rings. The van der Waals surface area contributed by atoms with E-state index in [0.29, 0.717) is 23.1 Å². The van der Waals surface area contributed by atoms with Crippen LogP contribution in [-0.2, 0) is 9.53 Å². The summed E-state index contributed by atoms with van der Waals surface area (Å²) < 4.78 is 5.66. The third-order valence-electron chi connectivity index (χ3n) is 3.28. The molecule has 3 unspecified atom stereocenters. The SMILES string of the molecule is CC1CN(C(=O)C(C)Sc2cc(Cl)ccc2Cl)CC(C)O1. The Kier molecular flexibility index (Phi) is 5.83. The highest BCUT2D eigenvalue weighted by Gasteiger charge is 2.29. The summed E-state index contributed by atoms with van der Waals surface area (Å²) in [6.07, 6.45) is 0.148. The minimum absolute atomic E-state index is 0.0738. The van der Waals surface area contributed by atoms with Crippen molar-refractivity contribution >= 4 is 40.9 Å². The van der Waals surface area contributed by atoms with Crippen LogP contribution in [0.5, 0.6) is 0 Å². The van der Waals surface area contributed by atoms with Crippen LogP contribution in [0.25, 0.3) is 0 Å². The van der Waals surface area contributed by atoms with Gasteiger partial charge in [-0.3, -0.25) is 4.79 Å². The van der Waals surface area contributed by atoms with E-state index in [4.69, 9.17) is 27.9 Å². The first-order valence-electron chi connectivity index (χ1n) is 6.92. The zero-order valence-electron chi connectivity index (χ0n) is 12.3. The molecule has 3 atom stereocenters. The Balaban J connectivity index is 2.04. The summed E-state index contributed by atoms with van der Waals surface area (Å²) in [5.41, 5.74) is 0. The lowest BCUT2D eigenvalue weighted by Gasteiger charge is -2.36. The third-order valence-corrected chi connectivity index (χ3v) is 5.10. The van der Waals surface area contributed by atoms with Gasteiger partial charge in [-0.05, 0) is 39.0 Å². The van der Waals surface area contributed by atoms with Crippen molar-refractivity contribution in [2.75, 3.05) is 13.1 Å². The fourth-order valence-corrected chi connectivity index (χ4v) is 3.92. The highest BCUT2D eigenvalue weighted by atomic mass is 35.5. The summed E-state index contributed by atoms with van der Waals surface area (Å²) in [7, 11) is 0. The van der Waals surface area contributed by atoms with Crippen molar-refractivity contribution in [3.8, 4) is 0 Å². The fraction of sp³-hybridized carbons (Fsp3) is 0.533. The summed E-state index contributed by atoms with van der Waals surface area (Å²) in [4.78, 5) is 15.3. The number of thioether (sulfide) groups is 1. The maximum absolute atomic E-state index is 12.6. The fourth-order valence-electron chi connectivity index (χ4n) is 2.42. The smallest absolute Gasteiger partial charge is 0.235 e. The molecule has 1 aromatic carbocycles. The molecular weight excluding hydrogens is 329 g/mol. The zero-order chi connectivity index (χ0) is 15.6. The van der Waals surface area contributed by atoms with Crippen LogP contribution in [0.1, 0.15) is 20.8 Å². The summed E-state index contributed by atoms with van der Waals surface area (Å²) in [6, 6.07) is 5.29. The molecule has 1 fully saturated rings. The molecule has 1 aliphatic heterocycles. The number of hydrogen-bond donors (Lipinski definition) is 0. The standard InChI is InChI=1S/C15H19Cl2NO2S/c1-9-7-18(8-10(2)20-9)15(19)11(3)21-14-6-12(16)4-5-13(14)17/h4-6,9-11H,7-8H2,1-3H3. The Hall–Kier alpha value is -0.420. The lowest BCUT2D eigenvalue weighted by Crippen LogP contribution is -2.50. The number of hydrogen-bond acceptors (Lipinski definition) is 3. The van der Waals surface area contributed by atoms with E-state index in [0.717, 1.165) is 4.90 Å². The number of morpholine rings is 1. The molecule has 0 aliphatic carbocycles. The first-order chi connectivity index (χ1) is 9.86. The van der Waals surface area contributed by atoms with E-state index in [2.05, 4.69) is 0 Å². The van der Waals surface area contributed by atoms with Gasteiger partial charge in [0.25, 0.3) is 0 Å². The van der Waals surface area contributed by atoms with E-state index in [1.165, 1.54) is 11.8 Å². The largest absolute Gasteiger partial charge is 0.372 e. The van der Waals surface area contributed by atoms with Crippen LogP contribution in [0.15, 0.2) is 23.1 Å². The van der Waals surface area contributed by atoms with Gasteiger partial charge in [-0.2, -0.15) is 0 Å². The quantitative estimate of drug-likeness (QED) is 0.770. The average Bonchev–Trinajstić information content (AvgIpc) is 2.41. The van der Waals surface area contributed by atoms with Gasteiger partial charge in [0.1, 0.15) is 0 Å². The zero-order valence-corrected chi connectivity index (χ0v) is 14.6. The summed E-state index contributed by atoms with van der Waals surface area (Å²) in [6.45, 7) is 7.15. The minimum atomic E-state index is -0.210. The molecule has 0 N–H and O–H groups in total. The Bertz CT molecular complexity index is 516. The summed E-state index contributed by atoms with van der Waals surface area (Å²) in [5.74, 6) is 0.109. The molecule has 0 radical (unpaired) electrons. The molecule has 0 bridgehead atoms. The van der Waals surface area contributed by atoms with Crippen molar-refractivity contribution in [2.45, 2.75) is 43.1 Å². The molecule has 6 heteroatoms. The van der Waals surface area contributed by atoms with Gasteiger partial charge >= 0.3 is 0 Å². The maximum atomic E-state index is 12.6. The van der Waals surface area contributed by atoms with Crippen molar-refractivity contribution in [3.63, 3.8) is 0 Å². The van der Waals surface area contributed by atoms with Gasteiger partial charge in [0.05, 0.1) is 22.5 Å². The van der Waals surface area contributed by atoms with Crippen LogP contribution in [0, 0.1) is 0 Å². The normalized spacial score (nSPS) is 24.0. The molecule has 116 valence electrons. The number of halogens is 2. The Morgan fingerprint density at radius 2 is 1.95 bits per heavy atom. The number of carbonyl (C=O) groups excluding carboxylic acids is 1. The van der Waals surface area contributed by atoms with Gasteiger partial charge in [0.2, 0.25) is 5.91 Å². The molecule has 0 saturated carbocycles. The number of amides is 1. The Morgan fingerprint density at radius 3 is 2.57 bits per heavy atom. The number of benzene rings is 1. The third kappa shape index (κ3) is 4.52. The lowest BCUT2D eigenvalue weighted by molar-refractivity contribution is -0.142. The predicted octanol–water partition coefficient (Wildman–Crippen LogP) is 4.11. The highest BCUT2D eigenvalue weighted by Crippen LogP contribution is 2.33. The van der Waals surface area contributed by atoms with E-state index < -0.39 is 0 Å². The van der Waals surface area contributed by atoms with Crippen molar-refractivity contribution in [1.29, 1.82) is 0 Å². The molecule has 2 rings (SSSR count). The van der Waals surface area contributed by atoms with E-state index in [-0.39, 0.29) is 23.4 Å². The van der Waals surface area contributed by atoms with Crippen LogP contribution < -0.4 is 0 Å². The second-order valence-corrected chi connectivity index (χ2v) is 7.56. The van der Waals surface area contributed by atoms with Gasteiger partial charge in [0, 0.05) is 23.0 Å². The number of rotatable bonds is 3. The molecular formula is C15H19Cl2NO2S. The molecule has 0 spiro atoms. The van der Waals surface area contributed by atoms with Gasteiger partial charge in [-0.25, -0.2) is 0 Å². The van der Waals surface area contributed by atoms with Crippen molar-refractivity contribution in [1.82, 2.24) is 4.90 Å². The van der Waals surface area contributed by atoms with E-state index in [1.807, 2.05) is 25.7 Å². The first kappa shape index (κ1) is 16.9. The molecule has 1 heterocycles. The highest BCUT2D eigenvalue weighted by molar-refractivity contribution is 8.00. The van der Waals surface area contributed by atoms with Gasteiger partial charge in [-0.1, -0.05) is 23.2 Å². The van der Waals surface area contributed by atoms with E-state index >= 15 is 0 Å². The molecule has 21 heavy (non-hydrogen) atoms. The average molecular weight is 348 g/mol. The molecule has 1 amide bonds. The van der Waals surface area contributed by atoms with Crippen LogP contribution in [-0.4, -0.2) is 41.4 Å². The van der Waals surface area contributed by atoms with Crippen LogP contribution >= 0.6 is 35.0 Å². The predicted molar refractivity (Wildman–Crippen MR) is 88.4 cm³/mol. The number of ether oxygens (including phenoxy) is 1. The summed E-state index contributed by atoms with van der Waals surface area (Å²) in [5, 5.41) is 1.03. The molecule has 3 nitrogen and oxygen atoms in total. The van der Waals surface area contributed by atoms with Gasteiger partial charge in [-0.15, -0.1) is 11.8 Å². The number of nitrogens with zero attached hydrogens (tertiary/aromatic N) is 1.